The van der Waals surface area contributed by atoms with Crippen LogP contribution in [0.5, 0.6) is 0 Å². The van der Waals surface area contributed by atoms with Crippen LogP contribution in [0.15, 0.2) is 83.1 Å². The molecule has 0 atom stereocenters. The number of rotatable bonds is 4. The number of benzene rings is 2. The van der Waals surface area contributed by atoms with E-state index < -0.39 is 0 Å². The number of para-hydroxylation sites is 1. The molecule has 3 heterocycles. The summed E-state index contributed by atoms with van der Waals surface area (Å²) in [6, 6.07) is 19.4. The van der Waals surface area contributed by atoms with Crippen LogP contribution in [0.2, 0.25) is 0 Å². The fourth-order valence-corrected chi connectivity index (χ4v) is 4.83. The lowest BCUT2D eigenvalue weighted by molar-refractivity contribution is 0.103. The van der Waals surface area contributed by atoms with Crippen LogP contribution in [0.4, 0.5) is 4.39 Å². The van der Waals surface area contributed by atoms with E-state index in [1.165, 1.54) is 24.3 Å². The average molecular weight is 443 g/mol. The lowest BCUT2D eigenvalue weighted by Crippen LogP contribution is -2.08. The monoisotopic (exact) mass is 442 g/mol. The van der Waals surface area contributed by atoms with E-state index in [0.717, 1.165) is 31.7 Å². The molecule has 158 valence electrons. The number of aromatic nitrogens is 2. The van der Waals surface area contributed by atoms with Crippen LogP contribution in [-0.2, 0) is 7.05 Å². The van der Waals surface area contributed by atoms with Gasteiger partial charge in [-0.05, 0) is 61.0 Å². The molecule has 0 N–H and O–H groups in total. The summed E-state index contributed by atoms with van der Waals surface area (Å²) in [5.74, 6) is -0.543. The molecule has 0 saturated carbocycles. The summed E-state index contributed by atoms with van der Waals surface area (Å²) in [6.07, 6.45) is 3.54. The van der Waals surface area contributed by atoms with Crippen LogP contribution in [0.25, 0.3) is 15.7 Å². The highest BCUT2D eigenvalue weighted by Gasteiger charge is 2.20. The summed E-state index contributed by atoms with van der Waals surface area (Å²) < 4.78 is 18.3. The van der Waals surface area contributed by atoms with E-state index in [-0.39, 0.29) is 11.6 Å². The molecule has 0 bridgehead atoms. The Balaban J connectivity index is 1.60. The lowest BCUT2D eigenvalue weighted by Gasteiger charge is -2.04. The van der Waals surface area contributed by atoms with Crippen molar-refractivity contribution in [3.05, 3.63) is 106 Å². The summed E-state index contributed by atoms with van der Waals surface area (Å²) in [5.41, 5.74) is 4.54. The molecule has 2 aromatic carbocycles. The lowest BCUT2D eigenvalue weighted by atomic mass is 10.0. The van der Waals surface area contributed by atoms with E-state index in [4.69, 9.17) is 0 Å². The molecule has 0 spiro atoms. The average Bonchev–Trinajstić information content (AvgIpc) is 3.28. The van der Waals surface area contributed by atoms with Gasteiger partial charge in [0.1, 0.15) is 5.82 Å². The third-order valence-corrected chi connectivity index (χ3v) is 6.61. The van der Waals surface area contributed by atoms with Gasteiger partial charge < -0.3 is 8.97 Å². The summed E-state index contributed by atoms with van der Waals surface area (Å²) in [4.78, 5) is 14.0. The predicted molar refractivity (Wildman–Crippen MR) is 126 cm³/mol. The second-order valence-corrected chi connectivity index (χ2v) is 8.44. The van der Waals surface area contributed by atoms with Gasteiger partial charge in [-0.3, -0.25) is 4.79 Å². The van der Waals surface area contributed by atoms with E-state index in [1.54, 1.807) is 17.6 Å². The van der Waals surface area contributed by atoms with E-state index in [2.05, 4.69) is 16.3 Å². The van der Waals surface area contributed by atoms with Crippen molar-refractivity contribution in [2.24, 2.45) is 17.3 Å². The van der Waals surface area contributed by atoms with Crippen molar-refractivity contribution < 1.29 is 9.18 Å². The summed E-state index contributed by atoms with van der Waals surface area (Å²) in [5, 5.41) is 8.77. The minimum Gasteiger partial charge on any atom is -0.318 e. The highest BCUT2D eigenvalue weighted by atomic mass is 32.1. The second kappa shape index (κ2) is 8.01. The van der Waals surface area contributed by atoms with Gasteiger partial charge in [0.15, 0.2) is 0 Å². The maximum Gasteiger partial charge on any atom is 0.211 e. The fraction of sp³-hybridized carbons (Fsp3) is 0.0800. The van der Waals surface area contributed by atoms with E-state index >= 15 is 0 Å². The summed E-state index contributed by atoms with van der Waals surface area (Å²) in [6.45, 7) is 1.89. The number of hydrogen-bond donors (Lipinski definition) is 0. The highest BCUT2D eigenvalue weighted by molar-refractivity contribution is 7.16. The van der Waals surface area contributed by atoms with Gasteiger partial charge in [0.05, 0.1) is 27.6 Å². The zero-order valence-corrected chi connectivity index (χ0v) is 18.3. The predicted octanol–water partition coefficient (Wildman–Crippen LogP) is 5.11. The molecule has 5 aromatic rings. The Bertz CT molecular complexity index is 1570. The molecule has 0 radical (unpaired) electrons. The number of fused-ring (bicyclic) bond motifs is 2. The first-order valence-electron chi connectivity index (χ1n) is 10.1. The maximum absolute atomic E-state index is 13.3. The van der Waals surface area contributed by atoms with Crippen LogP contribution in [0.1, 0.15) is 27.2 Å². The first-order valence-corrected chi connectivity index (χ1v) is 10.9. The number of pyridine rings is 1. The van der Waals surface area contributed by atoms with Crippen molar-refractivity contribution in [1.82, 2.24) is 8.97 Å². The van der Waals surface area contributed by atoms with Gasteiger partial charge in [-0.15, -0.1) is 5.10 Å². The number of thiazole rings is 1. The number of carbonyl (C=O) groups is 1. The fourth-order valence-electron chi connectivity index (χ4n) is 3.85. The first-order chi connectivity index (χ1) is 15.5. The molecule has 0 aliphatic carbocycles. The largest absolute Gasteiger partial charge is 0.318 e. The molecule has 0 fully saturated rings. The molecule has 32 heavy (non-hydrogen) atoms. The van der Waals surface area contributed by atoms with Gasteiger partial charge in [0, 0.05) is 24.4 Å². The van der Waals surface area contributed by atoms with Gasteiger partial charge in [-0.2, -0.15) is 5.10 Å². The van der Waals surface area contributed by atoms with Crippen LogP contribution < -0.4 is 4.80 Å². The Hall–Kier alpha value is -3.84. The molecule has 0 aliphatic heterocycles. The minimum absolute atomic E-state index is 0.170. The number of halogens is 1. The van der Waals surface area contributed by atoms with Gasteiger partial charge >= 0.3 is 0 Å². The number of hydrogen-bond acceptors (Lipinski definition) is 4. The van der Waals surface area contributed by atoms with Crippen LogP contribution in [0, 0.1) is 12.7 Å². The van der Waals surface area contributed by atoms with Crippen LogP contribution in [0.3, 0.4) is 0 Å². The number of aryl methyl sites for hydroxylation is 1. The number of ketones is 1. The molecule has 0 unspecified atom stereocenters. The highest BCUT2D eigenvalue weighted by Crippen LogP contribution is 2.24. The molecule has 0 aliphatic rings. The Morgan fingerprint density at radius 2 is 1.72 bits per heavy atom. The van der Waals surface area contributed by atoms with Crippen LogP contribution in [-0.4, -0.2) is 21.0 Å². The quantitative estimate of drug-likeness (QED) is 0.217. The Morgan fingerprint density at radius 3 is 2.50 bits per heavy atom. The molecule has 3 aromatic heterocycles. The summed E-state index contributed by atoms with van der Waals surface area (Å²) in [7, 11) is 1.96. The van der Waals surface area contributed by atoms with E-state index in [9.17, 15) is 9.18 Å². The number of carbonyl (C=O) groups excluding carboxylic acids is 1. The summed E-state index contributed by atoms with van der Waals surface area (Å²) >= 11 is 1.57. The SMILES string of the molecule is Cc1c(C=NN=c2sc3ccccc3n2C)c2ccccn2c1C(=O)c1ccc(F)cc1. The molecule has 0 saturated heterocycles. The molecule has 0 amide bonds. The Labute approximate surface area is 187 Å². The van der Waals surface area contributed by atoms with Crippen molar-refractivity contribution in [2.75, 3.05) is 0 Å². The molecular formula is C25H19FN4OS. The third-order valence-electron chi connectivity index (χ3n) is 5.50. The van der Waals surface area contributed by atoms with Crippen molar-refractivity contribution in [3.8, 4) is 0 Å². The number of nitrogens with zero attached hydrogens (tertiary/aromatic N) is 4. The molecule has 5 rings (SSSR count). The zero-order valence-electron chi connectivity index (χ0n) is 17.5. The second-order valence-electron chi connectivity index (χ2n) is 7.44. The third kappa shape index (κ3) is 3.36. The first kappa shape index (κ1) is 20.1. The van der Waals surface area contributed by atoms with E-state index in [0.29, 0.717) is 11.3 Å². The van der Waals surface area contributed by atoms with Gasteiger partial charge in [-0.25, -0.2) is 4.39 Å². The Morgan fingerprint density at radius 1 is 1.00 bits per heavy atom. The molecular weight excluding hydrogens is 423 g/mol. The van der Waals surface area contributed by atoms with Crippen LogP contribution >= 0.6 is 11.3 Å². The van der Waals surface area contributed by atoms with Gasteiger partial charge in [0.25, 0.3) is 0 Å². The van der Waals surface area contributed by atoms with Crippen molar-refractivity contribution in [2.45, 2.75) is 6.92 Å². The van der Waals surface area contributed by atoms with Crippen molar-refractivity contribution in [1.29, 1.82) is 0 Å². The standard InChI is InChI=1S/C25H19FN4OS/c1-16-19(15-27-28-25-29(2)21-8-3-4-9-22(21)32-25)20-7-5-6-14-30(20)23(16)24(31)17-10-12-18(26)13-11-17/h3-15H,1-2H3. The molecule has 5 nitrogen and oxygen atoms in total. The normalized spacial score (nSPS) is 12.4. The smallest absolute Gasteiger partial charge is 0.211 e. The van der Waals surface area contributed by atoms with Gasteiger partial charge in [0.2, 0.25) is 10.6 Å². The van der Waals surface area contributed by atoms with Gasteiger partial charge in [-0.1, -0.05) is 29.5 Å². The van der Waals surface area contributed by atoms with Crippen molar-refractivity contribution >= 4 is 39.1 Å². The Kier molecular flexibility index (Phi) is 5.03. The topological polar surface area (TPSA) is 51.1 Å². The van der Waals surface area contributed by atoms with E-state index in [1.807, 2.05) is 65.5 Å². The minimum atomic E-state index is -0.373. The van der Waals surface area contributed by atoms with Crippen molar-refractivity contribution in [3.63, 3.8) is 0 Å². The maximum atomic E-state index is 13.3. The zero-order chi connectivity index (χ0) is 22.2. The molecule has 7 heteroatoms.